The van der Waals surface area contributed by atoms with Crippen LogP contribution in [0, 0.1) is 17.8 Å². The van der Waals surface area contributed by atoms with Gasteiger partial charge in [-0.05, 0) is 130 Å². The number of hydrogen-bond acceptors (Lipinski definition) is 4. The van der Waals surface area contributed by atoms with E-state index in [1.807, 2.05) is 0 Å². The Morgan fingerprint density at radius 2 is 1.75 bits per heavy atom. The standard InChI is InChI=1S/C47H56N4/c1-32(33-16-4-2-5-17-33)49-43(34-18-6-3-7-19-34)31-42(48)35-28-36(50-44-24-12-8-20-38(44)39-21-9-13-25-45(39)50)30-37(29-35)51-46-26-14-10-22-40(46)41-23-11-15-27-47(41)51/h2,4-6,8-10,14,16,18-22,26,29-33,36,38,40,43-44,46,49H,3,7,11-13,15,17,23-25,27-28,48H2,1H3/b42-31-. The maximum atomic E-state index is 7.40. The Morgan fingerprint density at radius 1 is 0.863 bits per heavy atom. The van der Waals surface area contributed by atoms with Crippen LogP contribution in [0.4, 0.5) is 0 Å². The van der Waals surface area contributed by atoms with Crippen LogP contribution in [0.2, 0.25) is 0 Å². The average molecular weight is 677 g/mol. The molecule has 8 unspecified atom stereocenters. The van der Waals surface area contributed by atoms with E-state index < -0.39 is 0 Å². The minimum absolute atomic E-state index is 0.0669. The smallest absolute Gasteiger partial charge is 0.0622 e. The predicted octanol–water partition coefficient (Wildman–Crippen LogP) is 9.68. The highest BCUT2D eigenvalue weighted by Crippen LogP contribution is 2.50. The summed E-state index contributed by atoms with van der Waals surface area (Å²) >= 11 is 0. The van der Waals surface area contributed by atoms with Gasteiger partial charge in [0.25, 0.3) is 0 Å². The van der Waals surface area contributed by atoms with Gasteiger partial charge in [-0.25, -0.2) is 0 Å². The normalized spacial score (nSPS) is 33.5. The molecule has 8 atom stereocenters. The van der Waals surface area contributed by atoms with E-state index in [9.17, 15) is 0 Å². The number of rotatable bonds is 8. The zero-order valence-corrected chi connectivity index (χ0v) is 30.5. The summed E-state index contributed by atoms with van der Waals surface area (Å²) in [4.78, 5) is 5.62. The first-order chi connectivity index (χ1) is 25.1. The number of fused-ring (bicyclic) bond motifs is 4. The quantitative estimate of drug-likeness (QED) is 0.251. The van der Waals surface area contributed by atoms with Crippen molar-refractivity contribution < 1.29 is 0 Å². The lowest BCUT2D eigenvalue weighted by Gasteiger charge is -2.42. The topological polar surface area (TPSA) is 44.5 Å². The Labute approximate surface area is 306 Å². The Kier molecular flexibility index (Phi) is 9.14. The van der Waals surface area contributed by atoms with Gasteiger partial charge in [-0.1, -0.05) is 91.1 Å². The molecule has 9 rings (SSSR count). The van der Waals surface area contributed by atoms with E-state index in [0.29, 0.717) is 35.9 Å². The van der Waals surface area contributed by atoms with Crippen molar-refractivity contribution in [2.45, 2.75) is 114 Å². The fraction of sp³-hybridized carbons (Fsp3) is 0.447. The third kappa shape index (κ3) is 6.18. The summed E-state index contributed by atoms with van der Waals surface area (Å²) < 4.78 is 0. The van der Waals surface area contributed by atoms with Gasteiger partial charge in [0, 0.05) is 46.7 Å². The van der Waals surface area contributed by atoms with Gasteiger partial charge in [0.1, 0.15) is 0 Å². The number of hydrogen-bond donors (Lipinski definition) is 2. The van der Waals surface area contributed by atoms with Gasteiger partial charge in [0.15, 0.2) is 0 Å². The zero-order chi connectivity index (χ0) is 34.3. The fourth-order valence-electron chi connectivity index (χ4n) is 10.6. The monoisotopic (exact) mass is 676 g/mol. The third-order valence-corrected chi connectivity index (χ3v) is 13.1. The fourth-order valence-corrected chi connectivity index (χ4v) is 10.6. The molecule has 0 saturated carbocycles. The van der Waals surface area contributed by atoms with E-state index >= 15 is 0 Å². The summed E-state index contributed by atoms with van der Waals surface area (Å²) in [7, 11) is 0. The molecule has 0 aromatic rings. The molecule has 9 aliphatic rings. The minimum atomic E-state index is 0.0669. The number of allylic oxidation sites excluding steroid dienone is 14. The number of nitrogens with one attached hydrogen (secondary N) is 1. The summed E-state index contributed by atoms with van der Waals surface area (Å²) in [5.41, 5.74) is 18.7. The molecule has 0 aromatic carbocycles. The maximum absolute atomic E-state index is 7.40. The van der Waals surface area contributed by atoms with Crippen molar-refractivity contribution in [2.24, 2.45) is 23.5 Å². The Morgan fingerprint density at radius 3 is 2.63 bits per heavy atom. The van der Waals surface area contributed by atoms with Crippen LogP contribution in [0.1, 0.15) is 84.0 Å². The number of nitrogens with zero attached hydrogens (tertiary/aromatic N) is 2. The molecular formula is C47H56N4. The molecular weight excluding hydrogens is 621 g/mol. The summed E-state index contributed by atoms with van der Waals surface area (Å²) in [5.74, 6) is 1.47. The average Bonchev–Trinajstić information content (AvgIpc) is 3.71. The van der Waals surface area contributed by atoms with Gasteiger partial charge in [0.05, 0.1) is 18.1 Å². The molecule has 7 aliphatic carbocycles. The summed E-state index contributed by atoms with van der Waals surface area (Å²) in [6.07, 6.45) is 56.8. The largest absolute Gasteiger partial charge is 0.399 e. The van der Waals surface area contributed by atoms with E-state index in [1.165, 1.54) is 55.4 Å². The molecule has 0 aromatic heterocycles. The molecule has 4 nitrogen and oxygen atoms in total. The molecule has 0 bridgehead atoms. The van der Waals surface area contributed by atoms with Crippen LogP contribution in [-0.4, -0.2) is 40.0 Å². The molecule has 0 amide bonds. The van der Waals surface area contributed by atoms with Crippen LogP contribution >= 0.6 is 0 Å². The van der Waals surface area contributed by atoms with Gasteiger partial charge in [0.2, 0.25) is 0 Å². The van der Waals surface area contributed by atoms with Crippen molar-refractivity contribution in [3.8, 4) is 0 Å². The van der Waals surface area contributed by atoms with Gasteiger partial charge >= 0.3 is 0 Å². The van der Waals surface area contributed by atoms with Gasteiger partial charge < -0.3 is 20.9 Å². The molecule has 264 valence electrons. The second-order valence-electron chi connectivity index (χ2n) is 16.2. The summed E-state index contributed by atoms with van der Waals surface area (Å²) in [6, 6.07) is 1.55. The molecule has 4 heteroatoms. The minimum Gasteiger partial charge on any atom is -0.399 e. The van der Waals surface area contributed by atoms with Gasteiger partial charge in [-0.2, -0.15) is 0 Å². The van der Waals surface area contributed by atoms with Gasteiger partial charge in [-0.3, -0.25) is 0 Å². The highest BCUT2D eigenvalue weighted by atomic mass is 15.2. The van der Waals surface area contributed by atoms with Crippen LogP contribution in [0.25, 0.3) is 0 Å². The lowest BCUT2D eigenvalue weighted by atomic mass is 9.85. The first kappa shape index (κ1) is 32.9. The Bertz CT molecular complexity index is 1810. The lowest BCUT2D eigenvalue weighted by molar-refractivity contribution is 0.191. The van der Waals surface area contributed by atoms with E-state index in [0.717, 1.165) is 44.2 Å². The molecule has 3 N–H and O–H groups in total. The highest BCUT2D eigenvalue weighted by Gasteiger charge is 2.45. The first-order valence-electron chi connectivity index (χ1n) is 20.2. The third-order valence-electron chi connectivity index (χ3n) is 13.1. The first-order valence-corrected chi connectivity index (χ1v) is 20.2. The van der Waals surface area contributed by atoms with E-state index in [1.54, 1.807) is 22.5 Å². The molecule has 0 radical (unpaired) electrons. The second kappa shape index (κ2) is 14.2. The molecule has 0 spiro atoms. The zero-order valence-electron chi connectivity index (χ0n) is 30.5. The van der Waals surface area contributed by atoms with Crippen molar-refractivity contribution in [3.63, 3.8) is 0 Å². The van der Waals surface area contributed by atoms with Crippen molar-refractivity contribution >= 4 is 0 Å². The van der Waals surface area contributed by atoms with Crippen molar-refractivity contribution in [1.29, 1.82) is 0 Å². The van der Waals surface area contributed by atoms with Crippen molar-refractivity contribution in [1.82, 2.24) is 15.1 Å². The summed E-state index contributed by atoms with van der Waals surface area (Å²) in [6.45, 7) is 2.34. The Hall–Kier alpha value is -4.02. The maximum Gasteiger partial charge on any atom is 0.0622 e. The van der Waals surface area contributed by atoms with E-state index in [2.05, 4.69) is 131 Å². The summed E-state index contributed by atoms with van der Waals surface area (Å²) in [5, 5.41) is 4.04. The SMILES string of the molecule is CC(NC(/C=C(\N)C1=CC(N2C3=C(CCCC3)C3C=CC=CC32)=CC(N2C3=C(C=CCC3)C3C=CCCC32)C1)C1=CCCC=C1)C1C=CC=CC1. The molecule has 0 fully saturated rings. The van der Waals surface area contributed by atoms with Gasteiger partial charge in [-0.15, -0.1) is 0 Å². The predicted molar refractivity (Wildman–Crippen MR) is 212 cm³/mol. The lowest BCUT2D eigenvalue weighted by Crippen LogP contribution is -2.44. The van der Waals surface area contributed by atoms with Crippen LogP contribution in [-0.2, 0) is 0 Å². The highest BCUT2D eigenvalue weighted by molar-refractivity contribution is 5.50. The van der Waals surface area contributed by atoms with Crippen LogP contribution in [0.15, 0.2) is 154 Å². The van der Waals surface area contributed by atoms with Crippen molar-refractivity contribution in [2.75, 3.05) is 0 Å². The van der Waals surface area contributed by atoms with E-state index in [4.69, 9.17) is 5.73 Å². The van der Waals surface area contributed by atoms with Crippen LogP contribution in [0.3, 0.4) is 0 Å². The van der Waals surface area contributed by atoms with Crippen LogP contribution in [0.5, 0.6) is 0 Å². The molecule has 2 aliphatic heterocycles. The van der Waals surface area contributed by atoms with E-state index in [-0.39, 0.29) is 12.1 Å². The second-order valence-corrected chi connectivity index (χ2v) is 16.2. The number of nitrogens with two attached hydrogens (primary N) is 1. The molecule has 2 heterocycles. The van der Waals surface area contributed by atoms with Crippen molar-refractivity contribution in [3.05, 3.63) is 154 Å². The molecule has 0 saturated heterocycles. The van der Waals surface area contributed by atoms with Crippen LogP contribution < -0.4 is 11.1 Å². The Balaban J connectivity index is 1.11. The molecule has 51 heavy (non-hydrogen) atoms.